The van der Waals surface area contributed by atoms with Crippen LogP contribution in [0, 0.1) is 0 Å². The molecule has 2 aliphatic heterocycles. The third kappa shape index (κ3) is 2.28. The summed E-state index contributed by atoms with van der Waals surface area (Å²) in [4.78, 5) is 32.7. The predicted molar refractivity (Wildman–Crippen MR) is 106 cm³/mol. The average molecular weight is 374 g/mol. The molecule has 1 saturated heterocycles. The number of aliphatic imine (C=N–C) groups is 1. The Hall–Kier alpha value is -2.95. The van der Waals surface area contributed by atoms with Crippen LogP contribution < -0.4 is 0 Å². The number of rotatable bonds is 2. The van der Waals surface area contributed by atoms with E-state index in [0.29, 0.717) is 24.9 Å². The first-order chi connectivity index (χ1) is 13.6. The second kappa shape index (κ2) is 6.30. The number of nitrogens with zero attached hydrogens (tertiary/aromatic N) is 2. The van der Waals surface area contributed by atoms with Crippen molar-refractivity contribution < 1.29 is 14.3 Å². The van der Waals surface area contributed by atoms with E-state index in [1.54, 1.807) is 0 Å². The molecule has 28 heavy (non-hydrogen) atoms. The summed E-state index contributed by atoms with van der Waals surface area (Å²) in [5, 5.41) is 0. The average Bonchev–Trinajstić information content (AvgIpc) is 3.34. The van der Waals surface area contributed by atoms with E-state index in [4.69, 9.17) is 4.74 Å². The molecule has 0 spiro atoms. The van der Waals surface area contributed by atoms with Crippen LogP contribution in [0.3, 0.4) is 0 Å². The van der Waals surface area contributed by atoms with Crippen molar-refractivity contribution in [2.75, 3.05) is 13.7 Å². The number of benzene rings is 2. The van der Waals surface area contributed by atoms with Crippen LogP contribution in [0.4, 0.5) is 5.69 Å². The van der Waals surface area contributed by atoms with Crippen LogP contribution in [-0.2, 0) is 27.8 Å². The highest BCUT2D eigenvalue weighted by molar-refractivity contribution is 5.97. The Bertz CT molecular complexity index is 1010. The van der Waals surface area contributed by atoms with Gasteiger partial charge in [0.1, 0.15) is 5.41 Å². The second-order valence-corrected chi connectivity index (χ2v) is 7.80. The van der Waals surface area contributed by atoms with Crippen LogP contribution >= 0.6 is 0 Å². The van der Waals surface area contributed by atoms with Crippen molar-refractivity contribution in [1.29, 1.82) is 0 Å². The zero-order valence-electron chi connectivity index (χ0n) is 15.9. The van der Waals surface area contributed by atoms with Crippen molar-refractivity contribution in [1.82, 2.24) is 4.90 Å². The van der Waals surface area contributed by atoms with Crippen LogP contribution in [0.15, 0.2) is 47.5 Å². The van der Waals surface area contributed by atoms with E-state index in [2.05, 4.69) is 11.1 Å². The SMILES string of the molecule is COC(=O)C12CCCN(C(=O)c3ccc4c(c3)CC=N4)C1Cc1ccccc12. The fraction of sp³-hybridized carbons (Fsp3) is 0.348. The van der Waals surface area contributed by atoms with E-state index in [1.807, 2.05) is 47.5 Å². The molecule has 0 bridgehead atoms. The molecule has 1 aliphatic carbocycles. The van der Waals surface area contributed by atoms with Gasteiger partial charge in [-0.15, -0.1) is 0 Å². The third-order valence-corrected chi connectivity index (χ3v) is 6.50. The van der Waals surface area contributed by atoms with Gasteiger partial charge in [-0.05, 0) is 54.2 Å². The lowest BCUT2D eigenvalue weighted by atomic mass is 9.72. The van der Waals surface area contributed by atoms with Crippen molar-refractivity contribution in [3.05, 3.63) is 64.7 Å². The van der Waals surface area contributed by atoms with E-state index in [1.165, 1.54) is 7.11 Å². The quantitative estimate of drug-likeness (QED) is 0.759. The Morgan fingerprint density at radius 2 is 2.04 bits per heavy atom. The van der Waals surface area contributed by atoms with Gasteiger partial charge >= 0.3 is 5.97 Å². The second-order valence-electron chi connectivity index (χ2n) is 7.80. The lowest BCUT2D eigenvalue weighted by molar-refractivity contribution is -0.151. The lowest BCUT2D eigenvalue weighted by Gasteiger charge is -2.45. The number of hydrogen-bond acceptors (Lipinski definition) is 4. The number of amides is 1. The summed E-state index contributed by atoms with van der Waals surface area (Å²) in [5.74, 6) is -0.247. The van der Waals surface area contributed by atoms with Crippen molar-refractivity contribution in [2.45, 2.75) is 37.1 Å². The maximum absolute atomic E-state index is 13.5. The Labute approximate surface area is 164 Å². The van der Waals surface area contributed by atoms with Crippen molar-refractivity contribution >= 4 is 23.8 Å². The van der Waals surface area contributed by atoms with Crippen LogP contribution in [0.2, 0.25) is 0 Å². The summed E-state index contributed by atoms with van der Waals surface area (Å²) in [6.07, 6.45) is 4.81. The number of carbonyl (C=O) groups is 2. The molecular formula is C23H22N2O3. The fourth-order valence-corrected chi connectivity index (χ4v) is 5.25. The first-order valence-electron chi connectivity index (χ1n) is 9.78. The van der Waals surface area contributed by atoms with Gasteiger partial charge in [0.2, 0.25) is 0 Å². The summed E-state index contributed by atoms with van der Waals surface area (Å²) < 4.78 is 5.25. The zero-order valence-corrected chi connectivity index (χ0v) is 15.9. The lowest BCUT2D eigenvalue weighted by Crippen LogP contribution is -2.58. The number of hydrogen-bond donors (Lipinski definition) is 0. The van der Waals surface area contributed by atoms with Crippen LogP contribution in [0.5, 0.6) is 0 Å². The first-order valence-corrected chi connectivity index (χ1v) is 9.78. The highest BCUT2D eigenvalue weighted by Crippen LogP contribution is 2.48. The van der Waals surface area contributed by atoms with Gasteiger partial charge < -0.3 is 9.64 Å². The van der Waals surface area contributed by atoms with E-state index in [-0.39, 0.29) is 17.9 Å². The minimum absolute atomic E-state index is 0.0134. The maximum atomic E-state index is 13.5. The fourth-order valence-electron chi connectivity index (χ4n) is 5.25. The molecule has 0 N–H and O–H groups in total. The maximum Gasteiger partial charge on any atom is 0.318 e. The van der Waals surface area contributed by atoms with Gasteiger partial charge in [0.05, 0.1) is 18.8 Å². The normalized spacial score (nSPS) is 24.5. The number of piperidine rings is 1. The largest absolute Gasteiger partial charge is 0.468 e. The zero-order chi connectivity index (χ0) is 19.3. The van der Waals surface area contributed by atoms with E-state index < -0.39 is 5.41 Å². The van der Waals surface area contributed by atoms with Crippen molar-refractivity contribution in [3.8, 4) is 0 Å². The van der Waals surface area contributed by atoms with Crippen molar-refractivity contribution in [2.24, 2.45) is 4.99 Å². The molecule has 2 unspecified atom stereocenters. The van der Waals surface area contributed by atoms with Crippen molar-refractivity contribution in [3.63, 3.8) is 0 Å². The number of carbonyl (C=O) groups excluding carboxylic acids is 2. The van der Waals surface area contributed by atoms with Gasteiger partial charge in [-0.2, -0.15) is 0 Å². The molecule has 0 saturated carbocycles. The Kier molecular flexibility index (Phi) is 3.86. The third-order valence-electron chi connectivity index (χ3n) is 6.50. The van der Waals surface area contributed by atoms with Gasteiger partial charge in [-0.3, -0.25) is 14.6 Å². The molecule has 0 aromatic heterocycles. The highest BCUT2D eigenvalue weighted by atomic mass is 16.5. The van der Waals surface area contributed by atoms with Gasteiger partial charge in [0, 0.05) is 24.7 Å². The number of fused-ring (bicyclic) bond motifs is 4. The van der Waals surface area contributed by atoms with Gasteiger partial charge in [-0.1, -0.05) is 24.3 Å². The molecule has 142 valence electrons. The van der Waals surface area contributed by atoms with Gasteiger partial charge in [0.15, 0.2) is 0 Å². The summed E-state index contributed by atoms with van der Waals surface area (Å²) in [5.41, 5.74) is 4.08. The van der Waals surface area contributed by atoms with Crippen LogP contribution in [-0.4, -0.2) is 42.7 Å². The molecule has 0 radical (unpaired) electrons. The summed E-state index contributed by atoms with van der Waals surface area (Å²) in [6.45, 7) is 0.657. The monoisotopic (exact) mass is 374 g/mol. The molecule has 5 heteroatoms. The number of methoxy groups -OCH3 is 1. The summed E-state index contributed by atoms with van der Waals surface area (Å²) in [6, 6.07) is 13.5. The smallest absolute Gasteiger partial charge is 0.318 e. The molecule has 2 atom stereocenters. The van der Waals surface area contributed by atoms with Crippen LogP contribution in [0.25, 0.3) is 0 Å². The number of esters is 1. The first kappa shape index (κ1) is 17.2. The molecule has 5 nitrogen and oxygen atoms in total. The molecule has 2 aromatic carbocycles. The molecule has 1 fully saturated rings. The highest BCUT2D eigenvalue weighted by Gasteiger charge is 2.57. The molecule has 1 amide bonds. The molecule has 5 rings (SSSR count). The topological polar surface area (TPSA) is 59.0 Å². The molecule has 3 aliphatic rings. The van der Waals surface area contributed by atoms with Gasteiger partial charge in [0.25, 0.3) is 5.91 Å². The Morgan fingerprint density at radius 1 is 1.18 bits per heavy atom. The minimum Gasteiger partial charge on any atom is -0.468 e. The predicted octanol–water partition coefficient (Wildman–Crippen LogP) is 3.22. The van der Waals surface area contributed by atoms with E-state index in [9.17, 15) is 9.59 Å². The van der Waals surface area contributed by atoms with E-state index >= 15 is 0 Å². The minimum atomic E-state index is -0.765. The summed E-state index contributed by atoms with van der Waals surface area (Å²) >= 11 is 0. The number of likely N-dealkylation sites (tertiary alicyclic amines) is 1. The standard InChI is InChI=1S/C23H22N2O3/c1-28-22(27)23-10-4-12-25(20(23)14-15-5-2-3-6-18(15)23)21(26)17-7-8-19-16(13-17)9-11-24-19/h2-3,5-8,11,13,20H,4,9-10,12,14H2,1H3. The Balaban J connectivity index is 1.55. The number of ether oxygens (including phenoxy) is 1. The summed E-state index contributed by atoms with van der Waals surface area (Å²) in [7, 11) is 1.44. The molecule has 2 aromatic rings. The molecular weight excluding hydrogens is 352 g/mol. The van der Waals surface area contributed by atoms with Crippen LogP contribution in [0.1, 0.15) is 39.9 Å². The van der Waals surface area contributed by atoms with E-state index in [0.717, 1.165) is 35.2 Å². The van der Waals surface area contributed by atoms with Gasteiger partial charge in [-0.25, -0.2) is 0 Å². The molecule has 2 heterocycles. The Morgan fingerprint density at radius 3 is 2.89 bits per heavy atom.